The summed E-state index contributed by atoms with van der Waals surface area (Å²) >= 11 is 1.53. The molecule has 8 nitrogen and oxygen atoms in total. The van der Waals surface area contributed by atoms with Gasteiger partial charge in [-0.25, -0.2) is 10.6 Å². The van der Waals surface area contributed by atoms with Gasteiger partial charge in [0.2, 0.25) is 0 Å². The molecule has 0 bridgehead atoms. The molecule has 0 aliphatic carbocycles. The van der Waals surface area contributed by atoms with Crippen molar-refractivity contribution < 1.29 is 19.1 Å². The van der Waals surface area contributed by atoms with Crippen LogP contribution in [-0.2, 0) is 14.3 Å². The molecule has 0 saturated heterocycles. The largest absolute Gasteiger partial charge is 0.466 e. The number of urea groups is 1. The Balaban J connectivity index is 4.33. The zero-order valence-corrected chi connectivity index (χ0v) is 21.6. The predicted molar refractivity (Wildman–Crippen MR) is 137 cm³/mol. The molecule has 0 spiro atoms. The molecule has 0 rings (SSSR count). The molecule has 0 heterocycles. The van der Waals surface area contributed by atoms with Gasteiger partial charge in [-0.1, -0.05) is 34.9 Å². The van der Waals surface area contributed by atoms with Crippen molar-refractivity contribution in [2.75, 3.05) is 24.7 Å². The first kappa shape index (κ1) is 30.7. The maximum Gasteiger partial charge on any atom is 0.315 e. The first-order valence-electron chi connectivity index (χ1n) is 11.4. The van der Waals surface area contributed by atoms with Gasteiger partial charge in [0.1, 0.15) is 6.04 Å². The highest BCUT2D eigenvalue weighted by atomic mass is 32.2. The molecule has 1 atom stereocenters. The van der Waals surface area contributed by atoms with Gasteiger partial charge in [-0.05, 0) is 60.3 Å². The Kier molecular flexibility index (Phi) is 17.9. The first-order valence-corrected chi connectivity index (χ1v) is 12.6. The number of esters is 1. The van der Waals surface area contributed by atoms with E-state index in [1.54, 1.807) is 6.92 Å². The molecule has 0 fully saturated rings. The third-order valence-corrected chi connectivity index (χ3v) is 5.61. The predicted octanol–water partition coefficient (Wildman–Crippen LogP) is 3.75. The van der Waals surface area contributed by atoms with E-state index in [1.807, 2.05) is 0 Å². The first-order chi connectivity index (χ1) is 15.7. The maximum atomic E-state index is 12.0. The molecular weight excluding hydrogens is 440 g/mol. The normalized spacial score (nSPS) is 12.5. The van der Waals surface area contributed by atoms with E-state index in [0.717, 1.165) is 31.4 Å². The van der Waals surface area contributed by atoms with Gasteiger partial charge in [0.15, 0.2) is 0 Å². The minimum Gasteiger partial charge on any atom is -0.466 e. The van der Waals surface area contributed by atoms with Crippen molar-refractivity contribution in [3.63, 3.8) is 0 Å². The van der Waals surface area contributed by atoms with Gasteiger partial charge in [-0.3, -0.25) is 15.0 Å². The van der Waals surface area contributed by atoms with E-state index in [-0.39, 0.29) is 18.9 Å². The van der Waals surface area contributed by atoms with Crippen LogP contribution in [0.2, 0.25) is 0 Å². The van der Waals surface area contributed by atoms with Crippen molar-refractivity contribution in [3.8, 4) is 0 Å². The van der Waals surface area contributed by atoms with E-state index >= 15 is 0 Å². The lowest BCUT2D eigenvalue weighted by Crippen LogP contribution is -2.53. The molecule has 0 aromatic rings. The van der Waals surface area contributed by atoms with Crippen molar-refractivity contribution in [3.05, 3.63) is 34.9 Å². The van der Waals surface area contributed by atoms with Crippen molar-refractivity contribution in [2.45, 2.75) is 72.8 Å². The SMILES string of the molecule is CCOC(=O)CCNC(=O)N[C@@H](CSCC=C(C)CCC=C(C)CCC=C(C)C)C(=O)NN. The van der Waals surface area contributed by atoms with Crippen LogP contribution in [-0.4, -0.2) is 48.6 Å². The van der Waals surface area contributed by atoms with Crippen LogP contribution in [0.5, 0.6) is 0 Å². The fourth-order valence-electron chi connectivity index (χ4n) is 2.73. The fraction of sp³-hybridized carbons (Fsp3) is 0.625. The number of nitrogens with two attached hydrogens (primary N) is 1. The summed E-state index contributed by atoms with van der Waals surface area (Å²) in [6.45, 7) is 10.7. The van der Waals surface area contributed by atoms with Crippen molar-refractivity contribution in [1.29, 1.82) is 0 Å². The molecule has 0 radical (unpaired) electrons. The molecule has 3 amide bonds. The van der Waals surface area contributed by atoms with Crippen LogP contribution >= 0.6 is 11.8 Å². The number of ether oxygens (including phenoxy) is 1. The van der Waals surface area contributed by atoms with Crippen LogP contribution in [0.1, 0.15) is 66.7 Å². The van der Waals surface area contributed by atoms with Crippen LogP contribution < -0.4 is 21.9 Å². The maximum absolute atomic E-state index is 12.0. The van der Waals surface area contributed by atoms with Gasteiger partial charge in [0.25, 0.3) is 5.91 Å². The number of rotatable bonds is 16. The lowest BCUT2D eigenvalue weighted by molar-refractivity contribution is -0.142. The van der Waals surface area contributed by atoms with E-state index in [1.165, 1.54) is 28.5 Å². The number of hydrazine groups is 1. The van der Waals surface area contributed by atoms with Crippen LogP contribution in [0.3, 0.4) is 0 Å². The fourth-order valence-corrected chi connectivity index (χ4v) is 3.74. The van der Waals surface area contributed by atoms with Gasteiger partial charge in [-0.2, -0.15) is 11.8 Å². The van der Waals surface area contributed by atoms with Crippen LogP contribution in [0.4, 0.5) is 4.79 Å². The van der Waals surface area contributed by atoms with E-state index in [9.17, 15) is 14.4 Å². The Labute approximate surface area is 203 Å². The van der Waals surface area contributed by atoms with E-state index in [2.05, 4.69) is 62.0 Å². The topological polar surface area (TPSA) is 123 Å². The third kappa shape index (κ3) is 17.9. The molecule has 0 unspecified atom stereocenters. The monoisotopic (exact) mass is 482 g/mol. The quantitative estimate of drug-likeness (QED) is 0.0664. The second kappa shape index (κ2) is 19.2. The van der Waals surface area contributed by atoms with Gasteiger partial charge >= 0.3 is 12.0 Å². The zero-order chi connectivity index (χ0) is 25.1. The zero-order valence-electron chi connectivity index (χ0n) is 20.8. The summed E-state index contributed by atoms with van der Waals surface area (Å²) in [5, 5.41) is 5.12. The lowest BCUT2D eigenvalue weighted by atomic mass is 10.1. The summed E-state index contributed by atoms with van der Waals surface area (Å²) in [6, 6.07) is -1.31. The molecule has 0 aromatic carbocycles. The van der Waals surface area contributed by atoms with Crippen molar-refractivity contribution >= 4 is 29.7 Å². The van der Waals surface area contributed by atoms with E-state index in [0.29, 0.717) is 12.4 Å². The molecule has 188 valence electrons. The number of carbonyl (C=O) groups is 3. The average molecular weight is 483 g/mol. The Bertz CT molecular complexity index is 701. The van der Waals surface area contributed by atoms with Gasteiger partial charge in [0, 0.05) is 18.1 Å². The molecule has 0 aliphatic rings. The van der Waals surface area contributed by atoms with Gasteiger partial charge < -0.3 is 15.4 Å². The number of carbonyl (C=O) groups excluding carboxylic acids is 3. The third-order valence-electron chi connectivity index (χ3n) is 4.64. The summed E-state index contributed by atoms with van der Waals surface area (Å²) in [5.74, 6) is 5.48. The molecule has 9 heteroatoms. The van der Waals surface area contributed by atoms with Gasteiger partial charge in [0.05, 0.1) is 13.0 Å². The molecule has 5 N–H and O–H groups in total. The van der Waals surface area contributed by atoms with Crippen LogP contribution in [0.15, 0.2) is 34.9 Å². The Morgan fingerprint density at radius 3 is 2.21 bits per heavy atom. The highest BCUT2D eigenvalue weighted by Gasteiger charge is 2.19. The number of amides is 3. The summed E-state index contributed by atoms with van der Waals surface area (Å²) in [7, 11) is 0. The highest BCUT2D eigenvalue weighted by molar-refractivity contribution is 7.99. The number of thioether (sulfide) groups is 1. The smallest absolute Gasteiger partial charge is 0.315 e. The molecule has 33 heavy (non-hydrogen) atoms. The highest BCUT2D eigenvalue weighted by Crippen LogP contribution is 2.13. The molecular formula is C24H42N4O4S. The van der Waals surface area contributed by atoms with E-state index < -0.39 is 18.0 Å². The number of hydrogen-bond acceptors (Lipinski definition) is 6. The summed E-state index contributed by atoms with van der Waals surface area (Å²) in [5.41, 5.74) is 6.14. The van der Waals surface area contributed by atoms with Crippen molar-refractivity contribution in [1.82, 2.24) is 16.1 Å². The van der Waals surface area contributed by atoms with Gasteiger partial charge in [-0.15, -0.1) is 0 Å². The molecule has 0 aliphatic heterocycles. The number of nitrogens with one attached hydrogen (secondary N) is 3. The Morgan fingerprint density at radius 1 is 0.970 bits per heavy atom. The number of hydrogen-bond donors (Lipinski definition) is 4. The molecule has 0 saturated carbocycles. The van der Waals surface area contributed by atoms with Crippen LogP contribution in [0, 0.1) is 0 Å². The number of allylic oxidation sites excluding steroid dienone is 5. The van der Waals surface area contributed by atoms with E-state index in [4.69, 9.17) is 10.6 Å². The Hall–Kier alpha value is -2.26. The summed E-state index contributed by atoms with van der Waals surface area (Å²) < 4.78 is 4.80. The van der Waals surface area contributed by atoms with Crippen molar-refractivity contribution in [2.24, 2.45) is 5.84 Å². The average Bonchev–Trinajstić information content (AvgIpc) is 2.75. The second-order valence-corrected chi connectivity index (χ2v) is 9.09. The minimum atomic E-state index is -0.775. The standard InChI is InChI=1S/C24H42N4O4S/c1-6-32-22(29)13-15-26-24(31)27-21(23(30)28-25)17-33-16-14-20(5)12-8-11-19(4)10-7-9-18(2)3/h9,11,14,21H,6-8,10,12-13,15-17,25H2,1-5H3,(H,28,30)(H2,26,27,31)/t21-/m0/s1. The lowest BCUT2D eigenvalue weighted by Gasteiger charge is -2.17. The molecule has 0 aromatic heterocycles. The second-order valence-electron chi connectivity index (χ2n) is 8.01. The summed E-state index contributed by atoms with van der Waals surface area (Å²) in [6.07, 6.45) is 11.0. The summed E-state index contributed by atoms with van der Waals surface area (Å²) in [4.78, 5) is 35.3. The Morgan fingerprint density at radius 2 is 1.61 bits per heavy atom. The van der Waals surface area contributed by atoms with Crippen LogP contribution in [0.25, 0.3) is 0 Å². The minimum absolute atomic E-state index is 0.0675.